The molecule has 1 aromatic carbocycles. The Morgan fingerprint density at radius 1 is 1.32 bits per heavy atom. The SMILES string of the molecule is CN(C)C(=O)CSCc1nc2scc(-c3ccc(F)cc3)c2c(=O)[nH]1. The Hall–Kier alpha value is -2.19. The van der Waals surface area contributed by atoms with E-state index in [1.165, 1.54) is 40.1 Å². The van der Waals surface area contributed by atoms with Gasteiger partial charge in [0.05, 0.1) is 16.9 Å². The molecule has 25 heavy (non-hydrogen) atoms. The summed E-state index contributed by atoms with van der Waals surface area (Å²) < 4.78 is 13.1. The Labute approximate surface area is 151 Å². The Kier molecular flexibility index (Phi) is 5.19. The summed E-state index contributed by atoms with van der Waals surface area (Å²) >= 11 is 2.78. The summed E-state index contributed by atoms with van der Waals surface area (Å²) in [5.74, 6) is 1.03. The summed E-state index contributed by atoms with van der Waals surface area (Å²) in [4.78, 5) is 33.5. The quantitative estimate of drug-likeness (QED) is 0.742. The molecule has 1 N–H and O–H groups in total. The van der Waals surface area contributed by atoms with Gasteiger partial charge in [-0.3, -0.25) is 9.59 Å². The summed E-state index contributed by atoms with van der Waals surface area (Å²) in [5, 5.41) is 2.36. The number of nitrogens with zero attached hydrogens (tertiary/aromatic N) is 2. The van der Waals surface area contributed by atoms with Crippen molar-refractivity contribution in [3.05, 3.63) is 51.6 Å². The third-order valence-electron chi connectivity index (χ3n) is 3.61. The maximum atomic E-state index is 13.1. The lowest BCUT2D eigenvalue weighted by molar-refractivity contribution is -0.125. The normalized spacial score (nSPS) is 11.0. The molecule has 0 atom stereocenters. The van der Waals surface area contributed by atoms with Crippen LogP contribution in [0.5, 0.6) is 0 Å². The fraction of sp³-hybridized carbons (Fsp3) is 0.235. The van der Waals surface area contributed by atoms with Gasteiger partial charge in [0, 0.05) is 25.0 Å². The molecule has 0 aliphatic carbocycles. The molecule has 0 saturated heterocycles. The van der Waals surface area contributed by atoms with Crippen molar-refractivity contribution in [3.63, 3.8) is 0 Å². The molecule has 1 amide bonds. The maximum absolute atomic E-state index is 13.1. The van der Waals surface area contributed by atoms with Crippen molar-refractivity contribution in [1.82, 2.24) is 14.9 Å². The topological polar surface area (TPSA) is 66.1 Å². The minimum absolute atomic E-state index is 0.0168. The number of rotatable bonds is 5. The summed E-state index contributed by atoms with van der Waals surface area (Å²) in [7, 11) is 3.41. The van der Waals surface area contributed by atoms with Gasteiger partial charge >= 0.3 is 0 Å². The second kappa shape index (κ2) is 7.37. The number of carbonyl (C=O) groups is 1. The smallest absolute Gasteiger partial charge is 0.260 e. The molecule has 2 heterocycles. The number of hydrogen-bond donors (Lipinski definition) is 1. The number of carbonyl (C=O) groups excluding carboxylic acids is 1. The van der Waals surface area contributed by atoms with Gasteiger partial charge in [-0.2, -0.15) is 0 Å². The summed E-state index contributed by atoms with van der Waals surface area (Å²) in [5.41, 5.74) is 1.30. The predicted octanol–water partition coefficient (Wildman–Crippen LogP) is 3.11. The second-order valence-electron chi connectivity index (χ2n) is 5.63. The number of halogens is 1. The highest BCUT2D eigenvalue weighted by atomic mass is 32.2. The first kappa shape index (κ1) is 17.6. The van der Waals surface area contributed by atoms with Crippen LogP contribution in [0.4, 0.5) is 4.39 Å². The lowest BCUT2D eigenvalue weighted by Gasteiger charge is -2.09. The zero-order valence-corrected chi connectivity index (χ0v) is 15.3. The van der Waals surface area contributed by atoms with Crippen molar-refractivity contribution in [2.45, 2.75) is 5.75 Å². The molecule has 0 fully saturated rings. The molecular formula is C17H16FN3O2S2. The van der Waals surface area contributed by atoms with Crippen LogP contribution >= 0.6 is 23.1 Å². The van der Waals surface area contributed by atoms with Gasteiger partial charge in [0.25, 0.3) is 5.56 Å². The first-order chi connectivity index (χ1) is 12.0. The van der Waals surface area contributed by atoms with E-state index in [4.69, 9.17) is 0 Å². The number of aromatic amines is 1. The summed E-state index contributed by atoms with van der Waals surface area (Å²) in [6, 6.07) is 6.03. The average molecular weight is 377 g/mol. The van der Waals surface area contributed by atoms with E-state index < -0.39 is 0 Å². The van der Waals surface area contributed by atoms with Gasteiger partial charge in [-0.1, -0.05) is 12.1 Å². The van der Waals surface area contributed by atoms with Crippen LogP contribution in [-0.2, 0) is 10.5 Å². The van der Waals surface area contributed by atoms with Crippen LogP contribution in [0.1, 0.15) is 5.82 Å². The van der Waals surface area contributed by atoms with Gasteiger partial charge in [0.2, 0.25) is 5.91 Å². The van der Waals surface area contributed by atoms with E-state index in [-0.39, 0.29) is 17.3 Å². The van der Waals surface area contributed by atoms with Crippen LogP contribution < -0.4 is 5.56 Å². The number of aromatic nitrogens is 2. The van der Waals surface area contributed by atoms with E-state index >= 15 is 0 Å². The zero-order chi connectivity index (χ0) is 18.0. The molecule has 0 spiro atoms. The number of amides is 1. The van der Waals surface area contributed by atoms with Gasteiger partial charge in [0.1, 0.15) is 16.5 Å². The molecule has 5 nitrogen and oxygen atoms in total. The van der Waals surface area contributed by atoms with Crippen molar-refractivity contribution in [1.29, 1.82) is 0 Å². The molecule has 0 unspecified atom stereocenters. The van der Waals surface area contributed by atoms with Gasteiger partial charge < -0.3 is 9.88 Å². The average Bonchev–Trinajstić information content (AvgIpc) is 3.00. The lowest BCUT2D eigenvalue weighted by atomic mass is 10.1. The van der Waals surface area contributed by atoms with Gasteiger partial charge in [-0.05, 0) is 17.7 Å². The Morgan fingerprint density at radius 2 is 2.04 bits per heavy atom. The van der Waals surface area contributed by atoms with E-state index in [9.17, 15) is 14.0 Å². The largest absolute Gasteiger partial charge is 0.348 e. The Balaban J connectivity index is 1.85. The minimum atomic E-state index is -0.318. The highest BCUT2D eigenvalue weighted by molar-refractivity contribution is 7.99. The molecule has 3 rings (SSSR count). The molecule has 0 aliphatic heterocycles. The molecule has 0 aliphatic rings. The van der Waals surface area contributed by atoms with Crippen LogP contribution in [0.3, 0.4) is 0 Å². The van der Waals surface area contributed by atoms with Crippen molar-refractivity contribution >= 4 is 39.2 Å². The summed E-state index contributed by atoms with van der Waals surface area (Å²) in [6.45, 7) is 0. The monoisotopic (exact) mass is 377 g/mol. The van der Waals surface area contributed by atoms with Crippen LogP contribution in [0.15, 0.2) is 34.4 Å². The number of hydrogen-bond acceptors (Lipinski definition) is 5. The molecule has 0 bridgehead atoms. The third-order valence-corrected chi connectivity index (χ3v) is 5.41. The Bertz CT molecular complexity index is 964. The highest BCUT2D eigenvalue weighted by Crippen LogP contribution is 2.30. The Morgan fingerprint density at radius 3 is 2.72 bits per heavy atom. The van der Waals surface area contributed by atoms with Gasteiger partial charge in [-0.15, -0.1) is 23.1 Å². The molecule has 0 radical (unpaired) electrons. The highest BCUT2D eigenvalue weighted by Gasteiger charge is 2.13. The fourth-order valence-corrected chi connectivity index (χ4v) is 4.10. The van der Waals surface area contributed by atoms with Crippen molar-refractivity contribution in [3.8, 4) is 11.1 Å². The van der Waals surface area contributed by atoms with E-state index in [1.54, 1.807) is 26.2 Å². The maximum Gasteiger partial charge on any atom is 0.260 e. The molecule has 0 saturated carbocycles. The molecule has 2 aromatic heterocycles. The van der Waals surface area contributed by atoms with Crippen molar-refractivity contribution < 1.29 is 9.18 Å². The first-order valence-corrected chi connectivity index (χ1v) is 9.53. The molecule has 3 aromatic rings. The van der Waals surface area contributed by atoms with Crippen LogP contribution in [0, 0.1) is 5.82 Å². The molecule has 130 valence electrons. The van der Waals surface area contributed by atoms with Crippen LogP contribution in [-0.4, -0.2) is 40.6 Å². The number of H-pyrrole nitrogens is 1. The number of thioether (sulfide) groups is 1. The van der Waals surface area contributed by atoms with Crippen molar-refractivity contribution in [2.75, 3.05) is 19.8 Å². The lowest BCUT2D eigenvalue weighted by Crippen LogP contribution is -2.23. The van der Waals surface area contributed by atoms with E-state index in [1.807, 2.05) is 5.38 Å². The molecular weight excluding hydrogens is 361 g/mol. The third kappa shape index (κ3) is 3.91. The van der Waals surface area contributed by atoms with Crippen molar-refractivity contribution in [2.24, 2.45) is 0 Å². The first-order valence-electron chi connectivity index (χ1n) is 7.50. The van der Waals surface area contributed by atoms with E-state index in [2.05, 4.69) is 9.97 Å². The van der Waals surface area contributed by atoms with Crippen LogP contribution in [0.25, 0.3) is 21.3 Å². The number of thiophene rings is 1. The molecule has 8 heteroatoms. The fourth-order valence-electron chi connectivity index (χ4n) is 2.27. The second-order valence-corrected chi connectivity index (χ2v) is 7.47. The number of benzene rings is 1. The standard InChI is InChI=1S/C17H16FN3O2S2/c1-21(2)14(22)9-24-8-13-19-16(23)15-12(7-25-17(15)20-13)10-3-5-11(18)6-4-10/h3-7H,8-9H2,1-2H3,(H,19,20,23). The van der Waals surface area contributed by atoms with E-state index in [0.29, 0.717) is 27.5 Å². The van der Waals surface area contributed by atoms with Crippen LogP contribution in [0.2, 0.25) is 0 Å². The van der Waals surface area contributed by atoms with Gasteiger partial charge in [-0.25, -0.2) is 9.37 Å². The zero-order valence-electron chi connectivity index (χ0n) is 13.7. The van der Waals surface area contributed by atoms with E-state index in [0.717, 1.165) is 11.1 Å². The summed E-state index contributed by atoms with van der Waals surface area (Å²) in [6.07, 6.45) is 0. The number of fused-ring (bicyclic) bond motifs is 1. The number of nitrogens with one attached hydrogen (secondary N) is 1. The minimum Gasteiger partial charge on any atom is -0.348 e. The van der Waals surface area contributed by atoms with Gasteiger partial charge in [0.15, 0.2) is 0 Å². The predicted molar refractivity (Wildman–Crippen MR) is 100 cm³/mol.